The van der Waals surface area contributed by atoms with Crippen LogP contribution in [0.25, 0.3) is 0 Å². The van der Waals surface area contributed by atoms with Crippen LogP contribution in [0.4, 0.5) is 0 Å². The van der Waals surface area contributed by atoms with Crippen LogP contribution >= 0.6 is 0 Å². The SMILES string of the molecule is CNCCN(C)C(C)C(=O)OC. The fourth-order valence-electron chi connectivity index (χ4n) is 0.832. The average Bonchev–Trinajstić information content (AvgIpc) is 2.11. The predicted octanol–water partition coefficient (Wildman–Crippen LogP) is -0.301. The molecule has 0 bridgehead atoms. The fourth-order valence-corrected chi connectivity index (χ4v) is 0.832. The lowest BCUT2D eigenvalue weighted by Gasteiger charge is -2.21. The lowest BCUT2D eigenvalue weighted by atomic mass is 10.3. The monoisotopic (exact) mass is 174 g/mol. The van der Waals surface area contributed by atoms with Crippen LogP contribution in [0.1, 0.15) is 6.92 Å². The molecular formula is C8H18N2O2. The maximum Gasteiger partial charge on any atom is 0.322 e. The van der Waals surface area contributed by atoms with Crippen molar-refractivity contribution in [2.75, 3.05) is 34.3 Å². The second-order valence-corrected chi connectivity index (χ2v) is 2.78. The first kappa shape index (κ1) is 11.4. The Kier molecular flexibility index (Phi) is 5.66. The van der Waals surface area contributed by atoms with E-state index in [0.29, 0.717) is 0 Å². The molecule has 0 heterocycles. The molecule has 0 rings (SSSR count). The molecule has 1 atom stereocenters. The van der Waals surface area contributed by atoms with Crippen molar-refractivity contribution >= 4 is 5.97 Å². The molecule has 12 heavy (non-hydrogen) atoms. The van der Waals surface area contributed by atoms with Crippen molar-refractivity contribution in [2.24, 2.45) is 0 Å². The second-order valence-electron chi connectivity index (χ2n) is 2.78. The molecule has 72 valence electrons. The molecule has 0 aliphatic carbocycles. The van der Waals surface area contributed by atoms with Crippen molar-refractivity contribution in [2.45, 2.75) is 13.0 Å². The van der Waals surface area contributed by atoms with E-state index in [1.54, 1.807) is 0 Å². The van der Waals surface area contributed by atoms with Gasteiger partial charge in [-0.05, 0) is 21.0 Å². The number of likely N-dealkylation sites (N-methyl/N-ethyl adjacent to an activating group) is 2. The smallest absolute Gasteiger partial charge is 0.322 e. The number of methoxy groups -OCH3 is 1. The van der Waals surface area contributed by atoms with E-state index in [-0.39, 0.29) is 12.0 Å². The Balaban J connectivity index is 3.75. The number of rotatable bonds is 5. The largest absolute Gasteiger partial charge is 0.468 e. The number of carbonyl (C=O) groups is 1. The molecule has 0 aromatic rings. The third kappa shape index (κ3) is 3.69. The molecule has 4 nitrogen and oxygen atoms in total. The average molecular weight is 174 g/mol. The van der Waals surface area contributed by atoms with Crippen molar-refractivity contribution in [1.82, 2.24) is 10.2 Å². The number of hydrogen-bond donors (Lipinski definition) is 1. The molecule has 1 unspecified atom stereocenters. The minimum absolute atomic E-state index is 0.164. The zero-order valence-electron chi connectivity index (χ0n) is 8.26. The minimum atomic E-state index is -0.186. The van der Waals surface area contributed by atoms with Gasteiger partial charge in [0.25, 0.3) is 0 Å². The molecule has 0 saturated carbocycles. The van der Waals surface area contributed by atoms with Gasteiger partial charge in [0.05, 0.1) is 7.11 Å². The van der Waals surface area contributed by atoms with Gasteiger partial charge in [-0.2, -0.15) is 0 Å². The molecule has 1 N–H and O–H groups in total. The van der Waals surface area contributed by atoms with Gasteiger partial charge in [-0.3, -0.25) is 9.69 Å². The van der Waals surface area contributed by atoms with Gasteiger partial charge >= 0.3 is 5.97 Å². The van der Waals surface area contributed by atoms with Crippen LogP contribution in [-0.2, 0) is 9.53 Å². The molecule has 0 aliphatic heterocycles. The van der Waals surface area contributed by atoms with Crippen LogP contribution in [0, 0.1) is 0 Å². The van der Waals surface area contributed by atoms with Gasteiger partial charge in [-0.1, -0.05) is 0 Å². The first-order chi connectivity index (χ1) is 5.63. The summed E-state index contributed by atoms with van der Waals surface area (Å²) in [5.74, 6) is -0.186. The molecule has 4 heteroatoms. The maximum absolute atomic E-state index is 11.0. The summed E-state index contributed by atoms with van der Waals surface area (Å²) < 4.78 is 4.61. The highest BCUT2D eigenvalue weighted by molar-refractivity contribution is 5.75. The van der Waals surface area contributed by atoms with E-state index in [9.17, 15) is 4.79 Å². The Hall–Kier alpha value is -0.610. The topological polar surface area (TPSA) is 41.6 Å². The summed E-state index contributed by atoms with van der Waals surface area (Å²) in [5, 5.41) is 3.02. The quantitative estimate of drug-likeness (QED) is 0.581. The fraction of sp³-hybridized carbons (Fsp3) is 0.875. The van der Waals surface area contributed by atoms with E-state index >= 15 is 0 Å². The normalized spacial score (nSPS) is 13.1. The van der Waals surface area contributed by atoms with Gasteiger partial charge in [-0.15, -0.1) is 0 Å². The van der Waals surface area contributed by atoms with Crippen LogP contribution in [0.5, 0.6) is 0 Å². The molecule has 0 saturated heterocycles. The Morgan fingerprint density at radius 1 is 1.67 bits per heavy atom. The van der Waals surface area contributed by atoms with Crippen molar-refractivity contribution in [3.05, 3.63) is 0 Å². The number of hydrogen-bond acceptors (Lipinski definition) is 4. The van der Waals surface area contributed by atoms with E-state index in [0.717, 1.165) is 13.1 Å². The van der Waals surface area contributed by atoms with E-state index in [1.165, 1.54) is 7.11 Å². The molecule has 0 radical (unpaired) electrons. The van der Waals surface area contributed by atoms with Crippen LogP contribution in [0.2, 0.25) is 0 Å². The number of nitrogens with zero attached hydrogens (tertiary/aromatic N) is 1. The summed E-state index contributed by atoms with van der Waals surface area (Å²) in [6.07, 6.45) is 0. The summed E-state index contributed by atoms with van der Waals surface area (Å²) >= 11 is 0. The van der Waals surface area contributed by atoms with Crippen molar-refractivity contribution in [3.63, 3.8) is 0 Å². The van der Waals surface area contributed by atoms with Crippen LogP contribution in [0.15, 0.2) is 0 Å². The molecule has 0 aromatic heterocycles. The molecule has 0 amide bonds. The van der Waals surface area contributed by atoms with Crippen molar-refractivity contribution in [3.8, 4) is 0 Å². The molecule has 0 aromatic carbocycles. The van der Waals surface area contributed by atoms with E-state index in [4.69, 9.17) is 0 Å². The number of carbonyl (C=O) groups excluding carboxylic acids is 1. The van der Waals surface area contributed by atoms with Crippen molar-refractivity contribution in [1.29, 1.82) is 0 Å². The summed E-state index contributed by atoms with van der Waals surface area (Å²) in [6, 6.07) is -0.164. The first-order valence-electron chi connectivity index (χ1n) is 4.06. The van der Waals surface area contributed by atoms with Crippen LogP contribution < -0.4 is 5.32 Å². The van der Waals surface area contributed by atoms with Gasteiger partial charge in [0.1, 0.15) is 6.04 Å². The Bertz CT molecular complexity index is 139. The van der Waals surface area contributed by atoms with Gasteiger partial charge in [0.2, 0.25) is 0 Å². The lowest BCUT2D eigenvalue weighted by molar-refractivity contribution is -0.145. The standard InChI is InChI=1S/C8H18N2O2/c1-7(8(11)12-4)10(3)6-5-9-2/h7,9H,5-6H2,1-4H3. The highest BCUT2D eigenvalue weighted by Crippen LogP contribution is 1.96. The lowest BCUT2D eigenvalue weighted by Crippen LogP contribution is -2.40. The first-order valence-corrected chi connectivity index (χ1v) is 4.06. The predicted molar refractivity (Wildman–Crippen MR) is 48.0 cm³/mol. The highest BCUT2D eigenvalue weighted by atomic mass is 16.5. The number of esters is 1. The summed E-state index contributed by atoms with van der Waals surface area (Å²) in [5.41, 5.74) is 0. The minimum Gasteiger partial charge on any atom is -0.468 e. The van der Waals surface area contributed by atoms with E-state index in [2.05, 4.69) is 10.1 Å². The summed E-state index contributed by atoms with van der Waals surface area (Å²) in [7, 11) is 5.19. The number of nitrogens with one attached hydrogen (secondary N) is 1. The van der Waals surface area contributed by atoms with Crippen molar-refractivity contribution < 1.29 is 9.53 Å². The summed E-state index contributed by atoms with van der Waals surface area (Å²) in [4.78, 5) is 13.0. The van der Waals surface area contributed by atoms with Gasteiger partial charge in [0.15, 0.2) is 0 Å². The molecule has 0 aliphatic rings. The van der Waals surface area contributed by atoms with Crippen LogP contribution in [0.3, 0.4) is 0 Å². The Morgan fingerprint density at radius 2 is 2.25 bits per heavy atom. The Morgan fingerprint density at radius 3 is 2.67 bits per heavy atom. The van der Waals surface area contributed by atoms with E-state index < -0.39 is 0 Å². The molecule has 0 spiro atoms. The third-order valence-corrected chi connectivity index (χ3v) is 1.92. The molecular weight excluding hydrogens is 156 g/mol. The van der Waals surface area contributed by atoms with Gasteiger partial charge in [-0.25, -0.2) is 0 Å². The Labute approximate surface area is 73.9 Å². The van der Waals surface area contributed by atoms with Crippen LogP contribution in [-0.4, -0.2) is 51.2 Å². The van der Waals surface area contributed by atoms with Gasteiger partial charge in [0, 0.05) is 13.1 Å². The second kappa shape index (κ2) is 5.97. The zero-order valence-corrected chi connectivity index (χ0v) is 8.26. The zero-order chi connectivity index (χ0) is 9.56. The summed E-state index contributed by atoms with van der Waals surface area (Å²) in [6.45, 7) is 3.55. The van der Waals surface area contributed by atoms with E-state index in [1.807, 2.05) is 25.9 Å². The highest BCUT2D eigenvalue weighted by Gasteiger charge is 2.17. The third-order valence-electron chi connectivity index (χ3n) is 1.92. The molecule has 0 fully saturated rings. The van der Waals surface area contributed by atoms with Gasteiger partial charge < -0.3 is 10.1 Å². The maximum atomic E-state index is 11.0. The number of ether oxygens (including phenoxy) is 1.